The number of hydrogen-bond donors (Lipinski definition) is 1. The number of ketones is 1. The van der Waals surface area contributed by atoms with E-state index in [2.05, 4.69) is 24.3 Å². The third-order valence-electron chi connectivity index (χ3n) is 5.79. The summed E-state index contributed by atoms with van der Waals surface area (Å²) in [6, 6.07) is 13.6. The fraction of sp³-hybridized carbons (Fsp3) is 0.417. The monoisotopic (exact) mass is 365 g/mol. The van der Waals surface area contributed by atoms with Crippen molar-refractivity contribution in [2.24, 2.45) is 5.41 Å². The normalized spacial score (nSPS) is 15.2. The molecule has 0 saturated heterocycles. The second-order valence-electron chi connectivity index (χ2n) is 8.01. The highest BCUT2D eigenvalue weighted by Gasteiger charge is 2.34. The van der Waals surface area contributed by atoms with Gasteiger partial charge in [0.25, 0.3) is 0 Å². The molecule has 0 aromatic heterocycles. The van der Waals surface area contributed by atoms with Crippen LogP contribution in [0, 0.1) is 23.6 Å². The third-order valence-corrected chi connectivity index (χ3v) is 5.79. The van der Waals surface area contributed by atoms with Gasteiger partial charge in [-0.15, -0.1) is 0 Å². The average Bonchev–Trinajstić information content (AvgIpc) is 2.62. The number of benzene rings is 2. The van der Waals surface area contributed by atoms with Crippen LogP contribution in [0.2, 0.25) is 0 Å². The molecule has 2 nitrogen and oxygen atoms in total. The van der Waals surface area contributed by atoms with Crippen molar-refractivity contribution in [1.29, 1.82) is 5.41 Å². The number of hydrogen-bond acceptors (Lipinski definition) is 2. The molecule has 1 aliphatic carbocycles. The number of Topliss-reactive ketones (excluding diaryl/α,β-unsaturated/α-hetero) is 1. The SMILES string of the molecule is Cc1ccc(CC(=O)CCCc2ccc(CC3(C=N)CCC3)cc2)cc1F. The van der Waals surface area contributed by atoms with Gasteiger partial charge in [-0.05, 0) is 67.3 Å². The quantitative estimate of drug-likeness (QED) is 0.575. The van der Waals surface area contributed by atoms with E-state index in [9.17, 15) is 9.18 Å². The molecule has 142 valence electrons. The summed E-state index contributed by atoms with van der Waals surface area (Å²) in [6.45, 7) is 1.73. The van der Waals surface area contributed by atoms with Gasteiger partial charge in [-0.2, -0.15) is 0 Å². The van der Waals surface area contributed by atoms with Gasteiger partial charge in [0, 0.05) is 24.5 Å². The van der Waals surface area contributed by atoms with Crippen molar-refractivity contribution in [3.8, 4) is 0 Å². The van der Waals surface area contributed by atoms with Crippen molar-refractivity contribution in [3.63, 3.8) is 0 Å². The molecule has 0 unspecified atom stereocenters. The highest BCUT2D eigenvalue weighted by molar-refractivity contribution is 5.80. The van der Waals surface area contributed by atoms with Crippen molar-refractivity contribution in [2.45, 2.75) is 58.3 Å². The fourth-order valence-electron chi connectivity index (χ4n) is 3.79. The molecule has 0 amide bonds. The standard InChI is InChI=1S/C24H28FNO/c1-18-6-7-21(15-23(18)25)14-22(27)5-2-4-19-8-10-20(11-9-19)16-24(17-26)12-3-13-24/h6-11,15,17,26H,2-5,12-14,16H2,1H3. The summed E-state index contributed by atoms with van der Waals surface area (Å²) in [7, 11) is 0. The molecule has 3 rings (SSSR count). The van der Waals surface area contributed by atoms with E-state index >= 15 is 0 Å². The smallest absolute Gasteiger partial charge is 0.137 e. The summed E-state index contributed by atoms with van der Waals surface area (Å²) in [5.74, 6) is -0.0835. The predicted octanol–water partition coefficient (Wildman–Crippen LogP) is 5.63. The minimum absolute atomic E-state index is 0.101. The third kappa shape index (κ3) is 5.12. The minimum Gasteiger partial charge on any atom is -0.313 e. The van der Waals surface area contributed by atoms with Gasteiger partial charge < -0.3 is 5.41 Å². The molecule has 2 aromatic carbocycles. The summed E-state index contributed by atoms with van der Waals surface area (Å²) in [4.78, 5) is 12.1. The maximum Gasteiger partial charge on any atom is 0.137 e. The van der Waals surface area contributed by atoms with Crippen LogP contribution in [0.5, 0.6) is 0 Å². The highest BCUT2D eigenvalue weighted by Crippen LogP contribution is 2.41. The number of rotatable bonds is 9. The maximum atomic E-state index is 13.6. The van der Waals surface area contributed by atoms with Gasteiger partial charge in [0.2, 0.25) is 0 Å². The molecule has 0 aliphatic heterocycles. The Morgan fingerprint density at radius 1 is 1.11 bits per heavy atom. The molecule has 0 radical (unpaired) electrons. The summed E-state index contributed by atoms with van der Waals surface area (Å²) >= 11 is 0. The van der Waals surface area contributed by atoms with Gasteiger partial charge in [0.15, 0.2) is 0 Å². The molecule has 0 atom stereocenters. The van der Waals surface area contributed by atoms with Crippen LogP contribution in [0.4, 0.5) is 4.39 Å². The molecular formula is C24H28FNO. The Labute approximate surface area is 161 Å². The summed E-state index contributed by atoms with van der Waals surface area (Å²) in [5, 5.41) is 7.66. The first kappa shape index (κ1) is 19.5. The molecule has 27 heavy (non-hydrogen) atoms. The lowest BCUT2D eigenvalue weighted by Gasteiger charge is -2.38. The van der Waals surface area contributed by atoms with E-state index in [1.807, 2.05) is 6.07 Å². The van der Waals surface area contributed by atoms with E-state index in [0.717, 1.165) is 37.7 Å². The first-order chi connectivity index (χ1) is 13.0. The molecule has 0 heterocycles. The summed E-state index contributed by atoms with van der Waals surface area (Å²) in [5.41, 5.74) is 4.00. The second kappa shape index (κ2) is 8.60. The van der Waals surface area contributed by atoms with Crippen LogP contribution < -0.4 is 0 Å². The highest BCUT2D eigenvalue weighted by atomic mass is 19.1. The zero-order chi connectivity index (χ0) is 19.3. The van der Waals surface area contributed by atoms with Crippen LogP contribution in [-0.2, 0) is 24.1 Å². The van der Waals surface area contributed by atoms with Crippen LogP contribution in [0.1, 0.15) is 54.4 Å². The van der Waals surface area contributed by atoms with Gasteiger partial charge in [0.1, 0.15) is 11.6 Å². The minimum atomic E-state index is -0.243. The number of carbonyl (C=O) groups is 1. The molecule has 1 aliphatic rings. The van der Waals surface area contributed by atoms with E-state index in [1.165, 1.54) is 23.6 Å². The van der Waals surface area contributed by atoms with Gasteiger partial charge in [-0.25, -0.2) is 4.39 Å². The number of carbonyl (C=O) groups excluding carboxylic acids is 1. The lowest BCUT2D eigenvalue weighted by Crippen LogP contribution is -2.32. The van der Waals surface area contributed by atoms with E-state index in [1.54, 1.807) is 19.2 Å². The van der Waals surface area contributed by atoms with Crippen LogP contribution >= 0.6 is 0 Å². The Balaban J connectivity index is 1.43. The number of aryl methyl sites for hydroxylation is 2. The molecule has 3 heteroatoms. The predicted molar refractivity (Wildman–Crippen MR) is 108 cm³/mol. The summed E-state index contributed by atoms with van der Waals surface area (Å²) < 4.78 is 13.6. The van der Waals surface area contributed by atoms with Gasteiger partial charge in [0.05, 0.1) is 0 Å². The first-order valence-electron chi connectivity index (χ1n) is 9.86. The fourth-order valence-corrected chi connectivity index (χ4v) is 3.79. The van der Waals surface area contributed by atoms with E-state index < -0.39 is 0 Å². The number of nitrogens with one attached hydrogen (secondary N) is 1. The lowest BCUT2D eigenvalue weighted by molar-refractivity contribution is -0.118. The van der Waals surface area contributed by atoms with Crippen LogP contribution in [0.15, 0.2) is 42.5 Å². The Morgan fingerprint density at radius 2 is 1.78 bits per heavy atom. The second-order valence-corrected chi connectivity index (χ2v) is 8.01. The molecule has 1 N–H and O–H groups in total. The van der Waals surface area contributed by atoms with Gasteiger partial charge in [-0.1, -0.05) is 42.8 Å². The zero-order valence-corrected chi connectivity index (χ0v) is 16.1. The van der Waals surface area contributed by atoms with Crippen molar-refractivity contribution in [1.82, 2.24) is 0 Å². The Morgan fingerprint density at radius 3 is 2.37 bits per heavy atom. The molecular weight excluding hydrogens is 337 g/mol. The Hall–Kier alpha value is -2.29. The van der Waals surface area contributed by atoms with Gasteiger partial charge >= 0.3 is 0 Å². The van der Waals surface area contributed by atoms with Crippen LogP contribution in [0.3, 0.4) is 0 Å². The first-order valence-corrected chi connectivity index (χ1v) is 9.86. The van der Waals surface area contributed by atoms with Crippen molar-refractivity contribution < 1.29 is 9.18 Å². The topological polar surface area (TPSA) is 40.9 Å². The van der Waals surface area contributed by atoms with E-state index in [-0.39, 0.29) is 17.0 Å². The van der Waals surface area contributed by atoms with Gasteiger partial charge in [-0.3, -0.25) is 4.79 Å². The molecule has 1 fully saturated rings. The molecule has 0 bridgehead atoms. The van der Waals surface area contributed by atoms with Crippen molar-refractivity contribution >= 4 is 12.0 Å². The maximum absolute atomic E-state index is 13.6. The average molecular weight is 365 g/mol. The molecule has 2 aromatic rings. The zero-order valence-electron chi connectivity index (χ0n) is 16.1. The Bertz CT molecular complexity index is 806. The summed E-state index contributed by atoms with van der Waals surface area (Å²) in [6.07, 6.45) is 8.61. The molecule has 1 saturated carbocycles. The Kier molecular flexibility index (Phi) is 6.20. The van der Waals surface area contributed by atoms with Crippen molar-refractivity contribution in [2.75, 3.05) is 0 Å². The lowest BCUT2D eigenvalue weighted by atomic mass is 9.66. The van der Waals surface area contributed by atoms with Crippen LogP contribution in [-0.4, -0.2) is 12.0 Å². The van der Waals surface area contributed by atoms with E-state index in [0.29, 0.717) is 18.4 Å². The van der Waals surface area contributed by atoms with E-state index in [4.69, 9.17) is 5.41 Å². The number of halogens is 1. The largest absolute Gasteiger partial charge is 0.313 e. The van der Waals surface area contributed by atoms with Crippen molar-refractivity contribution in [3.05, 3.63) is 70.5 Å². The van der Waals surface area contributed by atoms with Crippen LogP contribution in [0.25, 0.3) is 0 Å². The molecule has 0 spiro atoms.